The molecule has 5 heteroatoms. The van der Waals surface area contributed by atoms with Crippen molar-refractivity contribution >= 4 is 32.3 Å². The van der Waals surface area contributed by atoms with Gasteiger partial charge in [0.2, 0.25) is 0 Å². The summed E-state index contributed by atoms with van der Waals surface area (Å²) in [4.78, 5) is 11.6. The van der Waals surface area contributed by atoms with Crippen LogP contribution in [0.5, 0.6) is 0 Å². The molecule has 2 aromatic rings. The van der Waals surface area contributed by atoms with Crippen molar-refractivity contribution in [1.29, 1.82) is 0 Å². The Kier molecular flexibility index (Phi) is 5.59. The minimum atomic E-state index is 0.706. The number of benzene rings is 2. The Labute approximate surface area is 144 Å². The normalized spacial score (nSPS) is 16.4. The van der Waals surface area contributed by atoms with Gasteiger partial charge in [0.1, 0.15) is 0 Å². The summed E-state index contributed by atoms with van der Waals surface area (Å²) < 4.78 is 6.25. The summed E-state index contributed by atoms with van der Waals surface area (Å²) in [5.41, 5.74) is 1.89. The average Bonchev–Trinajstić information content (AvgIpc) is 2.63. The summed E-state index contributed by atoms with van der Waals surface area (Å²) in [5, 5.41) is 0. The van der Waals surface area contributed by atoms with Crippen LogP contribution in [0.3, 0.4) is 0 Å². The predicted octanol–water partition coefficient (Wildman–Crippen LogP) is 2.62. The molecule has 0 N–H and O–H groups in total. The van der Waals surface area contributed by atoms with Crippen molar-refractivity contribution in [3.8, 4) is 0 Å². The van der Waals surface area contributed by atoms with E-state index in [1.807, 2.05) is 60.7 Å². The van der Waals surface area contributed by atoms with Gasteiger partial charge in [-0.1, -0.05) is 0 Å². The SMILES string of the molecule is [Se]C(=NC(=Nc1ccccc1)c1ccccc1)N1CCOCC1. The maximum absolute atomic E-state index is 5.39. The standard InChI is InChI=1S/C18H18N3OSe/c23-18(21-11-13-22-14-12-21)20-17(15-7-3-1-4-8-15)19-16-9-5-2-6-10-16/h1-10H,11-14H2. The van der Waals surface area contributed by atoms with Crippen LogP contribution in [-0.4, -0.2) is 57.8 Å². The van der Waals surface area contributed by atoms with Crippen LogP contribution in [-0.2, 0) is 4.74 Å². The predicted molar refractivity (Wildman–Crippen MR) is 94.7 cm³/mol. The Bertz CT molecular complexity index is 680. The molecule has 0 spiro atoms. The van der Waals surface area contributed by atoms with Gasteiger partial charge in [0.25, 0.3) is 0 Å². The molecule has 1 heterocycles. The van der Waals surface area contributed by atoms with E-state index in [-0.39, 0.29) is 0 Å². The Morgan fingerprint density at radius 3 is 2.17 bits per heavy atom. The van der Waals surface area contributed by atoms with E-state index in [0.29, 0.717) is 5.84 Å². The van der Waals surface area contributed by atoms with Gasteiger partial charge in [0, 0.05) is 0 Å². The number of rotatable bonds is 2. The molecule has 1 fully saturated rings. The molecular weight excluding hydrogens is 353 g/mol. The topological polar surface area (TPSA) is 37.2 Å². The Hall–Kier alpha value is -1.94. The van der Waals surface area contributed by atoms with E-state index in [0.717, 1.165) is 42.3 Å². The van der Waals surface area contributed by atoms with Crippen LogP contribution >= 0.6 is 0 Å². The van der Waals surface area contributed by atoms with E-state index < -0.39 is 0 Å². The molecule has 1 radical (unpaired) electrons. The third-order valence-corrected chi connectivity index (χ3v) is 4.24. The number of para-hydroxylation sites is 1. The number of hydrogen-bond donors (Lipinski definition) is 0. The van der Waals surface area contributed by atoms with Crippen molar-refractivity contribution < 1.29 is 4.74 Å². The second kappa shape index (κ2) is 8.06. The molecule has 0 bridgehead atoms. The zero-order valence-electron chi connectivity index (χ0n) is 12.8. The van der Waals surface area contributed by atoms with Crippen LogP contribution in [0.15, 0.2) is 70.6 Å². The van der Waals surface area contributed by atoms with E-state index in [2.05, 4.69) is 20.9 Å². The van der Waals surface area contributed by atoms with Gasteiger partial charge >= 0.3 is 144 Å². The van der Waals surface area contributed by atoms with Gasteiger partial charge in [-0.05, 0) is 0 Å². The first-order valence-corrected chi connectivity index (χ1v) is 8.46. The molecule has 23 heavy (non-hydrogen) atoms. The van der Waals surface area contributed by atoms with Crippen LogP contribution in [0.25, 0.3) is 0 Å². The van der Waals surface area contributed by atoms with Gasteiger partial charge in [0.05, 0.1) is 0 Å². The van der Waals surface area contributed by atoms with Crippen molar-refractivity contribution in [2.24, 2.45) is 9.98 Å². The summed E-state index contributed by atoms with van der Waals surface area (Å²) in [6.45, 7) is 3.16. The molecule has 0 unspecified atom stereocenters. The summed E-state index contributed by atoms with van der Waals surface area (Å²) in [6, 6.07) is 19.9. The average molecular weight is 371 g/mol. The van der Waals surface area contributed by atoms with E-state index >= 15 is 0 Å². The molecule has 3 rings (SSSR count). The molecule has 1 aliphatic heterocycles. The number of morpholine rings is 1. The van der Waals surface area contributed by atoms with Gasteiger partial charge in [-0.15, -0.1) is 0 Å². The number of ether oxygens (including phenoxy) is 1. The van der Waals surface area contributed by atoms with Gasteiger partial charge in [-0.25, -0.2) is 0 Å². The van der Waals surface area contributed by atoms with Crippen molar-refractivity contribution in [3.05, 3.63) is 66.2 Å². The molecule has 0 saturated carbocycles. The third kappa shape index (κ3) is 4.52. The Morgan fingerprint density at radius 1 is 0.913 bits per heavy atom. The number of aliphatic imine (C=N–C) groups is 2. The summed E-state index contributed by atoms with van der Waals surface area (Å²) in [5.74, 6) is 0.706. The monoisotopic (exact) mass is 372 g/mol. The van der Waals surface area contributed by atoms with Gasteiger partial charge < -0.3 is 0 Å². The van der Waals surface area contributed by atoms with Crippen LogP contribution in [0.2, 0.25) is 0 Å². The van der Waals surface area contributed by atoms with E-state index in [4.69, 9.17) is 14.7 Å². The second-order valence-electron chi connectivity index (χ2n) is 5.13. The minimum absolute atomic E-state index is 0.706. The summed E-state index contributed by atoms with van der Waals surface area (Å²) in [7, 11) is 0. The molecule has 0 atom stereocenters. The molecule has 117 valence electrons. The zero-order valence-corrected chi connectivity index (χ0v) is 14.5. The fraction of sp³-hybridized carbons (Fsp3) is 0.222. The first-order chi connectivity index (χ1) is 11.3. The van der Waals surface area contributed by atoms with Crippen LogP contribution in [0, 0.1) is 0 Å². The number of amidine groups is 2. The molecule has 1 saturated heterocycles. The van der Waals surface area contributed by atoms with Crippen molar-refractivity contribution in [1.82, 2.24) is 4.90 Å². The maximum atomic E-state index is 5.39. The quantitative estimate of drug-likeness (QED) is 0.462. The molecule has 2 aromatic carbocycles. The Balaban J connectivity index is 1.93. The zero-order chi connectivity index (χ0) is 15.9. The number of nitrogens with zero attached hydrogens (tertiary/aromatic N) is 3. The summed E-state index contributed by atoms with van der Waals surface area (Å²) in [6.07, 6.45) is 0. The molecule has 0 amide bonds. The van der Waals surface area contributed by atoms with Crippen LogP contribution in [0.4, 0.5) is 5.69 Å². The van der Waals surface area contributed by atoms with E-state index in [1.165, 1.54) is 0 Å². The third-order valence-electron chi connectivity index (χ3n) is 3.51. The fourth-order valence-corrected chi connectivity index (χ4v) is 2.85. The van der Waals surface area contributed by atoms with Gasteiger partial charge in [0.15, 0.2) is 0 Å². The van der Waals surface area contributed by atoms with Crippen molar-refractivity contribution in [2.45, 2.75) is 0 Å². The van der Waals surface area contributed by atoms with Gasteiger partial charge in [-0.2, -0.15) is 0 Å². The molecule has 4 nitrogen and oxygen atoms in total. The van der Waals surface area contributed by atoms with Crippen molar-refractivity contribution in [3.63, 3.8) is 0 Å². The first kappa shape index (κ1) is 15.9. The summed E-state index contributed by atoms with van der Waals surface area (Å²) >= 11 is 3.07. The second-order valence-corrected chi connectivity index (χ2v) is 5.90. The first-order valence-electron chi connectivity index (χ1n) is 7.60. The van der Waals surface area contributed by atoms with E-state index in [9.17, 15) is 0 Å². The Morgan fingerprint density at radius 2 is 1.52 bits per heavy atom. The van der Waals surface area contributed by atoms with Crippen molar-refractivity contribution in [2.75, 3.05) is 26.3 Å². The van der Waals surface area contributed by atoms with Gasteiger partial charge in [-0.3, -0.25) is 0 Å². The molecule has 1 aliphatic rings. The van der Waals surface area contributed by atoms with E-state index in [1.54, 1.807) is 0 Å². The fourth-order valence-electron chi connectivity index (χ4n) is 2.28. The van der Waals surface area contributed by atoms with Crippen LogP contribution < -0.4 is 0 Å². The molecular formula is C18H18N3OSe. The van der Waals surface area contributed by atoms with Crippen LogP contribution in [0.1, 0.15) is 5.56 Å². The molecule has 0 aliphatic carbocycles. The molecule has 0 aromatic heterocycles. The number of hydrogen-bond acceptors (Lipinski definition) is 2.